The predicted octanol–water partition coefficient (Wildman–Crippen LogP) is 1.81. The van der Waals surface area contributed by atoms with Gasteiger partial charge < -0.3 is 19.9 Å². The molecule has 0 spiro atoms. The van der Waals surface area contributed by atoms with Crippen molar-refractivity contribution in [3.05, 3.63) is 36.0 Å². The number of hydrogen-bond acceptors (Lipinski definition) is 3. The van der Waals surface area contributed by atoms with Gasteiger partial charge in [0.1, 0.15) is 6.04 Å². The number of carbonyl (C=O) groups excluding carboxylic acids is 2. The number of para-hydroxylation sites is 1. The van der Waals surface area contributed by atoms with Gasteiger partial charge in [0.15, 0.2) is 0 Å². The second-order valence-electron chi connectivity index (χ2n) is 6.07. The van der Waals surface area contributed by atoms with Crippen LogP contribution in [0.3, 0.4) is 0 Å². The molecule has 0 bridgehead atoms. The molecule has 2 amide bonds. The second kappa shape index (κ2) is 7.49. The number of likely N-dealkylation sites (tertiary alicyclic amines) is 1. The number of rotatable bonds is 7. The van der Waals surface area contributed by atoms with Crippen LogP contribution in [0, 0.1) is 0 Å². The number of nitrogens with zero attached hydrogens (tertiary/aromatic N) is 1. The highest BCUT2D eigenvalue weighted by atomic mass is 16.5. The standard InChI is InChI=1S/C18H23N3O3/c1-24-10-4-9-19-18(23)16-7-8-17(22)21(16)12-13-11-20-15-6-3-2-5-14(13)15/h2-3,5-6,11,16,20H,4,7-10,12H2,1H3,(H,19,23). The van der Waals surface area contributed by atoms with E-state index in [9.17, 15) is 9.59 Å². The number of aromatic nitrogens is 1. The minimum atomic E-state index is -0.381. The highest BCUT2D eigenvalue weighted by Crippen LogP contribution is 2.25. The van der Waals surface area contributed by atoms with Crippen LogP contribution in [0.4, 0.5) is 0 Å². The van der Waals surface area contributed by atoms with Crippen LogP contribution in [0.25, 0.3) is 10.9 Å². The van der Waals surface area contributed by atoms with E-state index in [1.54, 1.807) is 12.0 Å². The summed E-state index contributed by atoms with van der Waals surface area (Å²) in [6, 6.07) is 7.60. The van der Waals surface area contributed by atoms with Crippen molar-refractivity contribution >= 4 is 22.7 Å². The molecule has 2 aromatic rings. The van der Waals surface area contributed by atoms with Crippen molar-refractivity contribution in [1.29, 1.82) is 0 Å². The van der Waals surface area contributed by atoms with Gasteiger partial charge in [0.2, 0.25) is 11.8 Å². The van der Waals surface area contributed by atoms with Gasteiger partial charge in [-0.1, -0.05) is 18.2 Å². The van der Waals surface area contributed by atoms with E-state index in [0.717, 1.165) is 22.9 Å². The normalized spacial score (nSPS) is 17.6. The maximum Gasteiger partial charge on any atom is 0.242 e. The predicted molar refractivity (Wildman–Crippen MR) is 91.4 cm³/mol. The van der Waals surface area contributed by atoms with Gasteiger partial charge in [-0.05, 0) is 24.5 Å². The summed E-state index contributed by atoms with van der Waals surface area (Å²) in [4.78, 5) is 29.6. The van der Waals surface area contributed by atoms with Crippen molar-refractivity contribution in [2.45, 2.75) is 31.8 Å². The number of aromatic amines is 1. The van der Waals surface area contributed by atoms with Gasteiger partial charge in [-0.15, -0.1) is 0 Å². The lowest BCUT2D eigenvalue weighted by atomic mass is 10.1. The molecule has 1 aromatic heterocycles. The van der Waals surface area contributed by atoms with Crippen molar-refractivity contribution in [1.82, 2.24) is 15.2 Å². The van der Waals surface area contributed by atoms with Crippen LogP contribution >= 0.6 is 0 Å². The number of benzene rings is 1. The number of methoxy groups -OCH3 is 1. The fourth-order valence-corrected chi connectivity index (χ4v) is 3.20. The molecule has 6 nitrogen and oxygen atoms in total. The van der Waals surface area contributed by atoms with Crippen molar-refractivity contribution in [2.24, 2.45) is 0 Å². The minimum Gasteiger partial charge on any atom is -0.385 e. The average molecular weight is 329 g/mol. The Morgan fingerprint density at radius 2 is 2.25 bits per heavy atom. The zero-order valence-electron chi connectivity index (χ0n) is 13.9. The Morgan fingerprint density at radius 1 is 1.42 bits per heavy atom. The Hall–Kier alpha value is -2.34. The third-order valence-electron chi connectivity index (χ3n) is 4.47. The van der Waals surface area contributed by atoms with Crippen molar-refractivity contribution in [2.75, 3.05) is 20.3 Å². The van der Waals surface area contributed by atoms with Gasteiger partial charge in [-0.25, -0.2) is 0 Å². The third-order valence-corrected chi connectivity index (χ3v) is 4.47. The number of nitrogens with one attached hydrogen (secondary N) is 2. The van der Waals surface area contributed by atoms with Crippen LogP contribution < -0.4 is 5.32 Å². The molecule has 2 N–H and O–H groups in total. The molecular weight excluding hydrogens is 306 g/mol. The third kappa shape index (κ3) is 3.43. The summed E-state index contributed by atoms with van der Waals surface area (Å²) in [6.07, 6.45) is 3.70. The number of fused-ring (bicyclic) bond motifs is 1. The minimum absolute atomic E-state index is 0.0392. The van der Waals surface area contributed by atoms with Gasteiger partial charge in [-0.3, -0.25) is 9.59 Å². The summed E-state index contributed by atoms with van der Waals surface area (Å²) >= 11 is 0. The molecule has 6 heteroatoms. The maximum absolute atomic E-state index is 12.4. The Balaban J connectivity index is 1.68. The highest BCUT2D eigenvalue weighted by molar-refractivity contribution is 5.91. The Kier molecular flexibility index (Phi) is 5.15. The number of amides is 2. The van der Waals surface area contributed by atoms with Crippen LogP contribution in [-0.4, -0.2) is 48.0 Å². The van der Waals surface area contributed by atoms with Crippen LogP contribution in [0.15, 0.2) is 30.5 Å². The molecule has 1 atom stereocenters. The van der Waals surface area contributed by atoms with E-state index < -0.39 is 0 Å². The number of H-pyrrole nitrogens is 1. The molecule has 1 aliphatic heterocycles. The molecule has 1 aliphatic rings. The lowest BCUT2D eigenvalue weighted by molar-refractivity contribution is -0.135. The lowest BCUT2D eigenvalue weighted by Crippen LogP contribution is -2.44. The second-order valence-corrected chi connectivity index (χ2v) is 6.07. The molecule has 0 saturated carbocycles. The Labute approximate surface area is 141 Å². The lowest BCUT2D eigenvalue weighted by Gasteiger charge is -2.24. The van der Waals surface area contributed by atoms with Crippen molar-refractivity contribution < 1.29 is 14.3 Å². The Morgan fingerprint density at radius 3 is 3.08 bits per heavy atom. The van der Waals surface area contributed by atoms with E-state index >= 15 is 0 Å². The zero-order chi connectivity index (χ0) is 16.9. The molecular formula is C18H23N3O3. The molecule has 2 heterocycles. The first-order valence-electron chi connectivity index (χ1n) is 8.32. The van der Waals surface area contributed by atoms with E-state index in [1.165, 1.54) is 0 Å². The zero-order valence-corrected chi connectivity index (χ0v) is 13.9. The van der Waals surface area contributed by atoms with E-state index in [4.69, 9.17) is 4.74 Å². The monoisotopic (exact) mass is 329 g/mol. The van der Waals surface area contributed by atoms with E-state index in [2.05, 4.69) is 10.3 Å². The first-order chi connectivity index (χ1) is 11.7. The van der Waals surface area contributed by atoms with Crippen LogP contribution in [0.1, 0.15) is 24.8 Å². The molecule has 1 aromatic carbocycles. The summed E-state index contributed by atoms with van der Waals surface area (Å²) in [5.74, 6) is -0.0332. The topological polar surface area (TPSA) is 74.4 Å². The van der Waals surface area contributed by atoms with Crippen molar-refractivity contribution in [3.63, 3.8) is 0 Å². The molecule has 0 radical (unpaired) electrons. The maximum atomic E-state index is 12.4. The van der Waals surface area contributed by atoms with E-state index in [-0.39, 0.29) is 17.9 Å². The molecule has 0 aliphatic carbocycles. The quantitative estimate of drug-likeness (QED) is 0.761. The van der Waals surface area contributed by atoms with E-state index in [1.807, 2.05) is 30.5 Å². The summed E-state index contributed by atoms with van der Waals surface area (Å²) in [5.41, 5.74) is 2.08. The molecule has 3 rings (SSSR count). The summed E-state index contributed by atoms with van der Waals surface area (Å²) in [7, 11) is 1.64. The van der Waals surface area contributed by atoms with Crippen LogP contribution in [0.2, 0.25) is 0 Å². The number of ether oxygens (including phenoxy) is 1. The molecule has 1 fully saturated rings. The van der Waals surface area contributed by atoms with Gasteiger partial charge in [-0.2, -0.15) is 0 Å². The SMILES string of the molecule is COCCCNC(=O)C1CCC(=O)N1Cc1c[nH]c2ccccc12. The summed E-state index contributed by atoms with van der Waals surface area (Å²) in [5, 5.41) is 4.00. The number of carbonyl (C=O) groups is 2. The smallest absolute Gasteiger partial charge is 0.242 e. The molecule has 1 saturated heterocycles. The fraction of sp³-hybridized carbons (Fsp3) is 0.444. The van der Waals surface area contributed by atoms with Gasteiger partial charge in [0.05, 0.1) is 0 Å². The van der Waals surface area contributed by atoms with Gasteiger partial charge in [0, 0.05) is 50.3 Å². The highest BCUT2D eigenvalue weighted by Gasteiger charge is 2.36. The largest absolute Gasteiger partial charge is 0.385 e. The van der Waals surface area contributed by atoms with Gasteiger partial charge >= 0.3 is 0 Å². The first kappa shape index (κ1) is 16.5. The van der Waals surface area contributed by atoms with Crippen LogP contribution in [-0.2, 0) is 20.9 Å². The summed E-state index contributed by atoms with van der Waals surface area (Å²) < 4.78 is 4.98. The van der Waals surface area contributed by atoms with Gasteiger partial charge in [0.25, 0.3) is 0 Å². The number of hydrogen-bond donors (Lipinski definition) is 2. The average Bonchev–Trinajstić information content (AvgIpc) is 3.17. The van der Waals surface area contributed by atoms with Crippen LogP contribution in [0.5, 0.6) is 0 Å². The molecule has 1 unspecified atom stereocenters. The van der Waals surface area contributed by atoms with Crippen molar-refractivity contribution in [3.8, 4) is 0 Å². The summed E-state index contributed by atoms with van der Waals surface area (Å²) in [6.45, 7) is 1.64. The Bertz CT molecular complexity index is 725. The molecule has 128 valence electrons. The van der Waals surface area contributed by atoms with E-state index in [0.29, 0.717) is 32.5 Å². The molecule has 24 heavy (non-hydrogen) atoms. The first-order valence-corrected chi connectivity index (χ1v) is 8.32. The fourth-order valence-electron chi connectivity index (χ4n) is 3.20.